The van der Waals surface area contributed by atoms with Crippen LogP contribution < -0.4 is 4.74 Å². The van der Waals surface area contributed by atoms with Crippen molar-refractivity contribution in [3.05, 3.63) is 65.2 Å². The third-order valence-electron chi connectivity index (χ3n) is 4.96. The normalized spacial score (nSPS) is 11.4. The van der Waals surface area contributed by atoms with Gasteiger partial charge in [-0.2, -0.15) is 5.26 Å². The molecule has 2 aromatic carbocycles. The number of rotatable bonds is 12. The molecule has 1 atom stereocenters. The lowest BCUT2D eigenvalue weighted by atomic mass is 10.0. The van der Waals surface area contributed by atoms with Crippen LogP contribution in [0.5, 0.6) is 5.75 Å². The summed E-state index contributed by atoms with van der Waals surface area (Å²) in [6.07, 6.45) is 4.60. The molecular weight excluding hydrogens is 378 g/mol. The van der Waals surface area contributed by atoms with Crippen LogP contribution in [-0.4, -0.2) is 25.0 Å². The number of nitrogens with zero attached hydrogens (tertiary/aromatic N) is 1. The molecule has 0 saturated heterocycles. The summed E-state index contributed by atoms with van der Waals surface area (Å²) in [5, 5.41) is 8.84. The molecule has 5 nitrogen and oxygen atoms in total. The zero-order valence-electron chi connectivity index (χ0n) is 17.7. The number of carbonyl (C=O) groups is 2. The number of nitriles is 1. The Balaban J connectivity index is 1.64. The summed E-state index contributed by atoms with van der Waals surface area (Å²) in [5.74, 6) is 0.514. The van der Waals surface area contributed by atoms with Crippen molar-refractivity contribution in [3.8, 4) is 11.8 Å². The van der Waals surface area contributed by atoms with Gasteiger partial charge >= 0.3 is 5.97 Å². The summed E-state index contributed by atoms with van der Waals surface area (Å²) in [7, 11) is 0. The van der Waals surface area contributed by atoms with E-state index < -0.39 is 0 Å². The first-order chi connectivity index (χ1) is 14.5. The van der Waals surface area contributed by atoms with Gasteiger partial charge in [0, 0.05) is 11.1 Å². The van der Waals surface area contributed by atoms with E-state index in [2.05, 4.69) is 0 Å². The van der Waals surface area contributed by atoms with E-state index in [4.69, 9.17) is 14.7 Å². The van der Waals surface area contributed by atoms with Crippen molar-refractivity contribution in [1.82, 2.24) is 0 Å². The van der Waals surface area contributed by atoms with Crippen LogP contribution in [-0.2, 0) is 9.53 Å². The summed E-state index contributed by atoms with van der Waals surface area (Å²) in [5.41, 5.74) is 1.67. The number of hydrogen-bond acceptors (Lipinski definition) is 5. The summed E-state index contributed by atoms with van der Waals surface area (Å²) in [6.45, 7) is 4.95. The van der Waals surface area contributed by atoms with Crippen LogP contribution in [0.4, 0.5) is 0 Å². The maximum atomic E-state index is 12.5. The predicted octanol–water partition coefficient (Wildman–Crippen LogP) is 5.32. The van der Waals surface area contributed by atoms with Crippen molar-refractivity contribution in [2.45, 2.75) is 46.0 Å². The zero-order chi connectivity index (χ0) is 21.8. The van der Waals surface area contributed by atoms with E-state index in [0.717, 1.165) is 37.9 Å². The highest BCUT2D eigenvalue weighted by molar-refractivity contribution is 6.09. The number of benzene rings is 2. The molecule has 1 unspecified atom stereocenters. The number of ketones is 1. The minimum absolute atomic E-state index is 0.0239. The van der Waals surface area contributed by atoms with Gasteiger partial charge in [-0.1, -0.05) is 13.8 Å². The molecule has 0 heterocycles. The van der Waals surface area contributed by atoms with Gasteiger partial charge in [0.15, 0.2) is 5.78 Å². The number of hydrogen-bond donors (Lipinski definition) is 0. The first-order valence-electron chi connectivity index (χ1n) is 10.5. The number of carbonyl (C=O) groups excluding carboxylic acids is 2. The van der Waals surface area contributed by atoms with Gasteiger partial charge in [0.2, 0.25) is 0 Å². The Kier molecular flexibility index (Phi) is 9.60. The SMILES string of the molecule is CCC(C)C(=O)OCCCCCCOc1ccc(C(=O)c2ccc(C#N)cc2)cc1. The van der Waals surface area contributed by atoms with Gasteiger partial charge in [0.25, 0.3) is 0 Å². The average molecular weight is 408 g/mol. The highest BCUT2D eigenvalue weighted by Crippen LogP contribution is 2.16. The largest absolute Gasteiger partial charge is 0.494 e. The average Bonchev–Trinajstić information content (AvgIpc) is 2.80. The number of unbranched alkanes of at least 4 members (excludes halogenated alkanes) is 3. The molecule has 0 aliphatic heterocycles. The molecule has 0 aromatic heterocycles. The molecule has 0 saturated carbocycles. The summed E-state index contributed by atoms with van der Waals surface area (Å²) >= 11 is 0. The first kappa shape index (κ1) is 23.2. The quantitative estimate of drug-likeness (QED) is 0.270. The van der Waals surface area contributed by atoms with Gasteiger partial charge in [-0.25, -0.2) is 0 Å². The van der Waals surface area contributed by atoms with Gasteiger partial charge in [0.05, 0.1) is 30.8 Å². The second kappa shape index (κ2) is 12.4. The summed E-state index contributed by atoms with van der Waals surface area (Å²) < 4.78 is 11.0. The van der Waals surface area contributed by atoms with Crippen molar-refractivity contribution >= 4 is 11.8 Å². The van der Waals surface area contributed by atoms with Crippen molar-refractivity contribution in [3.63, 3.8) is 0 Å². The van der Waals surface area contributed by atoms with Gasteiger partial charge in [-0.15, -0.1) is 0 Å². The second-order valence-corrected chi connectivity index (χ2v) is 7.28. The molecule has 158 valence electrons. The van der Waals surface area contributed by atoms with Crippen LogP contribution in [0, 0.1) is 17.2 Å². The fraction of sp³-hybridized carbons (Fsp3) is 0.400. The van der Waals surface area contributed by atoms with Gasteiger partial charge in [-0.05, 0) is 80.6 Å². The Hall–Kier alpha value is -3.13. The van der Waals surface area contributed by atoms with Crippen LogP contribution in [0.15, 0.2) is 48.5 Å². The van der Waals surface area contributed by atoms with Crippen LogP contribution in [0.3, 0.4) is 0 Å². The molecule has 0 radical (unpaired) electrons. The molecule has 0 bridgehead atoms. The topological polar surface area (TPSA) is 76.4 Å². The standard InChI is InChI=1S/C25H29NO4/c1-3-19(2)25(28)30-17-7-5-4-6-16-29-23-14-12-22(13-15-23)24(27)21-10-8-20(18-26)9-11-21/h8-15,19H,3-7,16-17H2,1-2H3. The molecule has 0 N–H and O–H groups in total. The second-order valence-electron chi connectivity index (χ2n) is 7.28. The van der Waals surface area contributed by atoms with Gasteiger partial charge in [0.1, 0.15) is 5.75 Å². The highest BCUT2D eigenvalue weighted by Gasteiger charge is 2.11. The molecule has 2 rings (SSSR count). The zero-order valence-corrected chi connectivity index (χ0v) is 17.7. The van der Waals surface area contributed by atoms with Crippen LogP contribution >= 0.6 is 0 Å². The minimum atomic E-state index is -0.109. The van der Waals surface area contributed by atoms with Crippen molar-refractivity contribution in [1.29, 1.82) is 5.26 Å². The Bertz CT molecular complexity index is 850. The van der Waals surface area contributed by atoms with E-state index >= 15 is 0 Å². The molecule has 0 amide bonds. The fourth-order valence-corrected chi connectivity index (χ4v) is 2.79. The lowest BCUT2D eigenvalue weighted by Gasteiger charge is -2.09. The predicted molar refractivity (Wildman–Crippen MR) is 115 cm³/mol. The molecule has 5 heteroatoms. The Labute approximate surface area is 178 Å². The van der Waals surface area contributed by atoms with Crippen molar-refractivity contribution < 1.29 is 19.1 Å². The molecule has 0 aliphatic rings. The smallest absolute Gasteiger partial charge is 0.308 e. The Morgan fingerprint density at radius 3 is 2.03 bits per heavy atom. The Morgan fingerprint density at radius 1 is 0.900 bits per heavy atom. The van der Waals surface area contributed by atoms with Gasteiger partial charge in [-0.3, -0.25) is 9.59 Å². The lowest BCUT2D eigenvalue weighted by Crippen LogP contribution is -2.14. The summed E-state index contributed by atoms with van der Waals surface area (Å²) in [4.78, 5) is 24.0. The fourth-order valence-electron chi connectivity index (χ4n) is 2.79. The first-order valence-corrected chi connectivity index (χ1v) is 10.5. The molecule has 0 spiro atoms. The molecule has 0 fully saturated rings. The van der Waals surface area contributed by atoms with Crippen molar-refractivity contribution in [2.75, 3.05) is 13.2 Å². The van der Waals surface area contributed by atoms with Crippen LogP contribution in [0.25, 0.3) is 0 Å². The molecule has 30 heavy (non-hydrogen) atoms. The summed E-state index contributed by atoms with van der Waals surface area (Å²) in [6, 6.07) is 15.7. The van der Waals surface area contributed by atoms with Crippen LogP contribution in [0.2, 0.25) is 0 Å². The van der Waals surface area contributed by atoms with E-state index in [9.17, 15) is 9.59 Å². The minimum Gasteiger partial charge on any atom is -0.494 e. The van der Waals surface area contributed by atoms with Crippen LogP contribution in [0.1, 0.15) is 67.4 Å². The van der Waals surface area contributed by atoms with Crippen molar-refractivity contribution in [2.24, 2.45) is 5.92 Å². The van der Waals surface area contributed by atoms with E-state index in [-0.39, 0.29) is 17.7 Å². The number of ether oxygens (including phenoxy) is 2. The maximum absolute atomic E-state index is 12.5. The molecule has 2 aromatic rings. The van der Waals surface area contributed by atoms with Gasteiger partial charge < -0.3 is 9.47 Å². The lowest BCUT2D eigenvalue weighted by molar-refractivity contribution is -0.148. The number of esters is 1. The highest BCUT2D eigenvalue weighted by atomic mass is 16.5. The monoisotopic (exact) mass is 407 g/mol. The molecular formula is C25H29NO4. The van der Waals surface area contributed by atoms with E-state index in [0.29, 0.717) is 29.9 Å². The van der Waals surface area contributed by atoms with E-state index in [1.54, 1.807) is 48.5 Å². The van der Waals surface area contributed by atoms with E-state index in [1.165, 1.54) is 0 Å². The third kappa shape index (κ3) is 7.36. The Morgan fingerprint density at radius 2 is 1.47 bits per heavy atom. The molecule has 0 aliphatic carbocycles. The maximum Gasteiger partial charge on any atom is 0.308 e. The van der Waals surface area contributed by atoms with E-state index in [1.807, 2.05) is 19.9 Å². The third-order valence-corrected chi connectivity index (χ3v) is 4.96.